The van der Waals surface area contributed by atoms with Gasteiger partial charge in [0, 0.05) is 12.1 Å². The Morgan fingerprint density at radius 1 is 1.33 bits per heavy atom. The zero-order chi connectivity index (χ0) is 15.6. The lowest BCUT2D eigenvalue weighted by Gasteiger charge is -2.31. The Balaban J connectivity index is 2.07. The molecular formula is C15H21N3O3. The fourth-order valence-corrected chi connectivity index (χ4v) is 2.97. The van der Waals surface area contributed by atoms with Crippen molar-refractivity contribution in [2.75, 3.05) is 5.32 Å². The number of nitrogens with zero attached hydrogens (tertiary/aromatic N) is 2. The smallest absolute Gasteiger partial charge is 0.354 e. The predicted molar refractivity (Wildman–Crippen MR) is 79.3 cm³/mol. The average Bonchev–Trinajstić information content (AvgIpc) is 2.77. The summed E-state index contributed by atoms with van der Waals surface area (Å²) in [5, 5.41) is 11.6. The highest BCUT2D eigenvalue weighted by molar-refractivity contribution is 5.94. The van der Waals surface area contributed by atoms with Gasteiger partial charge in [-0.25, -0.2) is 9.78 Å². The lowest BCUT2D eigenvalue weighted by Crippen LogP contribution is -2.47. The molecule has 3 unspecified atom stereocenters. The van der Waals surface area contributed by atoms with Crippen LogP contribution in [0.3, 0.4) is 0 Å². The van der Waals surface area contributed by atoms with E-state index in [2.05, 4.69) is 29.0 Å². The van der Waals surface area contributed by atoms with E-state index in [1.807, 2.05) is 6.92 Å². The number of hydrogen-bond acceptors (Lipinski definition) is 4. The maximum atomic E-state index is 12.3. The number of carbonyl (C=O) groups excluding carboxylic acids is 1. The molecular weight excluding hydrogens is 270 g/mol. The van der Waals surface area contributed by atoms with Gasteiger partial charge in [-0.2, -0.15) is 0 Å². The van der Waals surface area contributed by atoms with Crippen molar-refractivity contribution >= 4 is 17.7 Å². The normalized spacial score (nSPS) is 23.8. The van der Waals surface area contributed by atoms with Gasteiger partial charge in [0.25, 0.3) is 0 Å². The Kier molecular flexibility index (Phi) is 4.57. The van der Waals surface area contributed by atoms with E-state index >= 15 is 0 Å². The molecule has 2 rings (SSSR count). The Morgan fingerprint density at radius 2 is 1.95 bits per heavy atom. The Morgan fingerprint density at radius 3 is 2.52 bits per heavy atom. The van der Waals surface area contributed by atoms with E-state index in [-0.39, 0.29) is 23.5 Å². The van der Waals surface area contributed by atoms with Gasteiger partial charge in [-0.05, 0) is 45.7 Å². The van der Waals surface area contributed by atoms with Crippen molar-refractivity contribution in [1.29, 1.82) is 0 Å². The van der Waals surface area contributed by atoms with Gasteiger partial charge < -0.3 is 10.4 Å². The molecule has 1 aromatic heterocycles. The van der Waals surface area contributed by atoms with Crippen LogP contribution in [0.2, 0.25) is 0 Å². The summed E-state index contributed by atoms with van der Waals surface area (Å²) in [5.74, 6) is -1.00. The zero-order valence-corrected chi connectivity index (χ0v) is 12.5. The van der Waals surface area contributed by atoms with Crippen LogP contribution in [0, 0.1) is 0 Å². The van der Waals surface area contributed by atoms with Crippen LogP contribution in [-0.2, 0) is 4.79 Å². The maximum Gasteiger partial charge on any atom is 0.354 e. The molecule has 6 nitrogen and oxygen atoms in total. The van der Waals surface area contributed by atoms with Gasteiger partial charge in [-0.15, -0.1) is 0 Å². The molecule has 1 aliphatic heterocycles. The first-order chi connectivity index (χ1) is 9.90. The molecule has 0 bridgehead atoms. The summed E-state index contributed by atoms with van der Waals surface area (Å²) in [5.41, 5.74) is -0.0802. The SMILES string of the molecule is CC1CCC(C)N1C(C)C(=O)Nc1cccc(C(=O)O)n1. The van der Waals surface area contributed by atoms with E-state index in [1.165, 1.54) is 6.07 Å². The van der Waals surface area contributed by atoms with Crippen molar-refractivity contribution in [2.24, 2.45) is 0 Å². The van der Waals surface area contributed by atoms with Gasteiger partial charge in [0.15, 0.2) is 5.69 Å². The molecule has 1 amide bonds. The second kappa shape index (κ2) is 6.22. The van der Waals surface area contributed by atoms with Crippen molar-refractivity contribution in [3.05, 3.63) is 23.9 Å². The molecule has 1 fully saturated rings. The van der Waals surface area contributed by atoms with Gasteiger partial charge in [-0.1, -0.05) is 6.07 Å². The van der Waals surface area contributed by atoms with E-state index in [4.69, 9.17) is 5.11 Å². The maximum absolute atomic E-state index is 12.3. The molecule has 6 heteroatoms. The number of carbonyl (C=O) groups is 2. The van der Waals surface area contributed by atoms with E-state index in [9.17, 15) is 9.59 Å². The quantitative estimate of drug-likeness (QED) is 0.886. The topological polar surface area (TPSA) is 82.5 Å². The fraction of sp³-hybridized carbons (Fsp3) is 0.533. The number of aromatic nitrogens is 1. The summed E-state index contributed by atoms with van der Waals surface area (Å²) in [6.07, 6.45) is 2.18. The second-order valence-electron chi connectivity index (χ2n) is 5.60. The second-order valence-corrected chi connectivity index (χ2v) is 5.60. The minimum atomic E-state index is -1.11. The summed E-state index contributed by atoms with van der Waals surface area (Å²) in [6.45, 7) is 6.11. The standard InChI is InChI=1S/C15H21N3O3/c1-9-7-8-10(2)18(9)11(3)14(19)17-13-6-4-5-12(16-13)15(20)21/h4-6,9-11H,7-8H2,1-3H3,(H,20,21)(H,16,17,19). The summed E-state index contributed by atoms with van der Waals surface area (Å²) >= 11 is 0. The molecule has 3 atom stereocenters. The molecule has 21 heavy (non-hydrogen) atoms. The molecule has 114 valence electrons. The minimum Gasteiger partial charge on any atom is -0.477 e. The van der Waals surface area contributed by atoms with Crippen LogP contribution in [0.25, 0.3) is 0 Å². The Labute approximate surface area is 124 Å². The Bertz CT molecular complexity index is 537. The molecule has 2 heterocycles. The highest BCUT2D eigenvalue weighted by atomic mass is 16.4. The lowest BCUT2D eigenvalue weighted by molar-refractivity contribution is -0.121. The minimum absolute atomic E-state index is 0.0802. The van der Waals surface area contributed by atoms with E-state index in [1.54, 1.807) is 12.1 Å². The first-order valence-electron chi connectivity index (χ1n) is 7.18. The molecule has 2 N–H and O–H groups in total. The third kappa shape index (κ3) is 3.39. The van der Waals surface area contributed by atoms with Gasteiger partial charge in [0.2, 0.25) is 5.91 Å². The third-order valence-corrected chi connectivity index (χ3v) is 4.07. The first kappa shape index (κ1) is 15.4. The first-order valence-corrected chi connectivity index (χ1v) is 7.18. The van der Waals surface area contributed by atoms with Crippen LogP contribution in [0.15, 0.2) is 18.2 Å². The summed E-state index contributed by atoms with van der Waals surface area (Å²) in [6, 6.07) is 5.03. The largest absolute Gasteiger partial charge is 0.477 e. The molecule has 0 aromatic carbocycles. The van der Waals surface area contributed by atoms with Crippen molar-refractivity contribution in [2.45, 2.75) is 51.7 Å². The average molecular weight is 291 g/mol. The third-order valence-electron chi connectivity index (χ3n) is 4.07. The number of likely N-dealkylation sites (tertiary alicyclic amines) is 1. The number of hydrogen-bond donors (Lipinski definition) is 2. The van der Waals surface area contributed by atoms with E-state index in [0.717, 1.165) is 12.8 Å². The summed E-state index contributed by atoms with van der Waals surface area (Å²) in [4.78, 5) is 29.3. The number of carboxylic acid groups (broad SMARTS) is 1. The van der Waals surface area contributed by atoms with Crippen molar-refractivity contribution in [1.82, 2.24) is 9.88 Å². The zero-order valence-electron chi connectivity index (χ0n) is 12.5. The van der Waals surface area contributed by atoms with E-state index < -0.39 is 5.97 Å². The number of anilines is 1. The Hall–Kier alpha value is -1.95. The number of amides is 1. The summed E-state index contributed by atoms with van der Waals surface area (Å²) < 4.78 is 0. The molecule has 0 saturated carbocycles. The molecule has 0 aliphatic carbocycles. The molecule has 0 radical (unpaired) electrons. The van der Waals surface area contributed by atoms with Crippen LogP contribution in [0.1, 0.15) is 44.1 Å². The number of carboxylic acids is 1. The van der Waals surface area contributed by atoms with Crippen LogP contribution < -0.4 is 5.32 Å². The number of pyridine rings is 1. The van der Waals surface area contributed by atoms with Gasteiger partial charge in [0.1, 0.15) is 5.82 Å². The van der Waals surface area contributed by atoms with Gasteiger partial charge in [0.05, 0.1) is 6.04 Å². The van der Waals surface area contributed by atoms with Gasteiger partial charge >= 0.3 is 5.97 Å². The molecule has 1 saturated heterocycles. The van der Waals surface area contributed by atoms with Crippen LogP contribution in [0.5, 0.6) is 0 Å². The lowest BCUT2D eigenvalue weighted by atomic mass is 10.2. The fourth-order valence-electron chi connectivity index (χ4n) is 2.97. The number of aromatic carboxylic acids is 1. The highest BCUT2D eigenvalue weighted by Crippen LogP contribution is 2.26. The van der Waals surface area contributed by atoms with Crippen LogP contribution in [-0.4, -0.2) is 45.0 Å². The predicted octanol–water partition coefficient (Wildman–Crippen LogP) is 1.98. The molecule has 1 aliphatic rings. The molecule has 0 spiro atoms. The van der Waals surface area contributed by atoms with Crippen molar-refractivity contribution in [3.63, 3.8) is 0 Å². The highest BCUT2D eigenvalue weighted by Gasteiger charge is 2.34. The molecule has 1 aromatic rings. The van der Waals surface area contributed by atoms with Crippen LogP contribution in [0.4, 0.5) is 5.82 Å². The summed E-state index contributed by atoms with van der Waals surface area (Å²) in [7, 11) is 0. The monoisotopic (exact) mass is 291 g/mol. The van der Waals surface area contributed by atoms with E-state index in [0.29, 0.717) is 12.1 Å². The number of nitrogens with one attached hydrogen (secondary N) is 1. The van der Waals surface area contributed by atoms with Crippen molar-refractivity contribution in [3.8, 4) is 0 Å². The number of rotatable bonds is 4. The van der Waals surface area contributed by atoms with Gasteiger partial charge in [-0.3, -0.25) is 9.69 Å². The van der Waals surface area contributed by atoms with Crippen LogP contribution >= 0.6 is 0 Å². The van der Waals surface area contributed by atoms with Crippen molar-refractivity contribution < 1.29 is 14.7 Å².